The van der Waals surface area contributed by atoms with E-state index in [2.05, 4.69) is 32.2 Å². The number of pyridine rings is 1. The summed E-state index contributed by atoms with van der Waals surface area (Å²) in [6.45, 7) is 1.69. The summed E-state index contributed by atoms with van der Waals surface area (Å²) in [6.07, 6.45) is 8.31. The third-order valence-electron chi connectivity index (χ3n) is 5.09. The molecule has 1 aliphatic rings. The molecule has 0 aliphatic carbocycles. The number of ether oxygens (including phenoxy) is 1. The van der Waals surface area contributed by atoms with Crippen molar-refractivity contribution >= 4 is 0 Å². The van der Waals surface area contributed by atoms with Gasteiger partial charge in [-0.1, -0.05) is 30.1 Å². The molecule has 1 atom stereocenters. The smallest absolute Gasteiger partial charge is 0.241 e. The molecule has 0 saturated carbocycles. The third-order valence-corrected chi connectivity index (χ3v) is 5.09. The van der Waals surface area contributed by atoms with Crippen molar-refractivity contribution in [2.75, 3.05) is 13.7 Å². The van der Waals surface area contributed by atoms with Crippen LogP contribution in [0, 0.1) is 0 Å². The molecule has 6 heteroatoms. The number of nitrogens with zero attached hydrogens (tertiary/aromatic N) is 4. The van der Waals surface area contributed by atoms with Crippen LogP contribution >= 0.6 is 0 Å². The van der Waals surface area contributed by atoms with Gasteiger partial charge in [0, 0.05) is 24.0 Å². The number of aromatic nitrogens is 3. The molecule has 3 heterocycles. The Balaban J connectivity index is 1.53. The van der Waals surface area contributed by atoms with E-state index in [0.717, 1.165) is 24.3 Å². The van der Waals surface area contributed by atoms with Gasteiger partial charge in [0.15, 0.2) is 0 Å². The highest BCUT2D eigenvalue weighted by Gasteiger charge is 2.24. The molecule has 0 N–H and O–H groups in total. The summed E-state index contributed by atoms with van der Waals surface area (Å²) in [5.41, 5.74) is 2.18. The highest BCUT2D eigenvalue weighted by Crippen LogP contribution is 2.32. The summed E-state index contributed by atoms with van der Waals surface area (Å²) in [6, 6.07) is 12.6. The van der Waals surface area contributed by atoms with Gasteiger partial charge in [-0.2, -0.15) is 4.98 Å². The lowest BCUT2D eigenvalue weighted by atomic mass is 10.0. The van der Waals surface area contributed by atoms with E-state index in [1.807, 2.05) is 24.3 Å². The second kappa shape index (κ2) is 8.31. The average molecular weight is 364 g/mol. The summed E-state index contributed by atoms with van der Waals surface area (Å²) >= 11 is 0. The first-order valence-electron chi connectivity index (χ1n) is 9.44. The van der Waals surface area contributed by atoms with E-state index in [4.69, 9.17) is 9.26 Å². The first-order valence-corrected chi connectivity index (χ1v) is 9.44. The van der Waals surface area contributed by atoms with Crippen molar-refractivity contribution < 1.29 is 9.26 Å². The lowest BCUT2D eigenvalue weighted by Crippen LogP contribution is -2.28. The van der Waals surface area contributed by atoms with Gasteiger partial charge in [-0.15, -0.1) is 0 Å². The minimum absolute atomic E-state index is 0.354. The molecular formula is C21H24N4O2. The molecule has 6 nitrogen and oxygen atoms in total. The van der Waals surface area contributed by atoms with E-state index >= 15 is 0 Å². The molecule has 0 radical (unpaired) electrons. The number of rotatable bonds is 5. The van der Waals surface area contributed by atoms with Crippen LogP contribution in [-0.4, -0.2) is 33.7 Å². The van der Waals surface area contributed by atoms with Crippen molar-refractivity contribution in [1.29, 1.82) is 0 Å². The Bertz CT molecular complexity index is 848. The minimum Gasteiger partial charge on any atom is -0.497 e. The van der Waals surface area contributed by atoms with Crippen LogP contribution in [0.15, 0.2) is 53.3 Å². The Morgan fingerprint density at radius 2 is 2.04 bits per heavy atom. The van der Waals surface area contributed by atoms with Crippen LogP contribution in [0.5, 0.6) is 5.75 Å². The molecular weight excluding hydrogens is 340 g/mol. The maximum Gasteiger partial charge on any atom is 0.241 e. The molecule has 1 saturated heterocycles. The van der Waals surface area contributed by atoms with Gasteiger partial charge >= 0.3 is 0 Å². The third kappa shape index (κ3) is 4.17. The summed E-state index contributed by atoms with van der Waals surface area (Å²) < 4.78 is 10.8. The van der Waals surface area contributed by atoms with E-state index in [9.17, 15) is 0 Å². The van der Waals surface area contributed by atoms with Gasteiger partial charge in [-0.25, -0.2) is 0 Å². The summed E-state index contributed by atoms with van der Waals surface area (Å²) in [7, 11) is 1.70. The van der Waals surface area contributed by atoms with Crippen molar-refractivity contribution in [1.82, 2.24) is 20.0 Å². The largest absolute Gasteiger partial charge is 0.497 e. The monoisotopic (exact) mass is 364 g/mol. The minimum atomic E-state index is 0.354. The fraction of sp³-hybridized carbons (Fsp3) is 0.381. The molecule has 0 amide bonds. The predicted molar refractivity (Wildman–Crippen MR) is 102 cm³/mol. The van der Waals surface area contributed by atoms with Crippen molar-refractivity contribution in [3.8, 4) is 17.1 Å². The fourth-order valence-corrected chi connectivity index (χ4v) is 3.67. The van der Waals surface area contributed by atoms with Crippen LogP contribution in [-0.2, 0) is 6.54 Å². The molecule has 2 aromatic heterocycles. The second-order valence-electron chi connectivity index (χ2n) is 6.86. The Kier molecular flexibility index (Phi) is 5.44. The van der Waals surface area contributed by atoms with Crippen LogP contribution in [0.3, 0.4) is 0 Å². The Hall–Kier alpha value is -2.73. The molecule has 1 fully saturated rings. The maximum atomic E-state index is 5.53. The summed E-state index contributed by atoms with van der Waals surface area (Å²) in [5, 5.41) is 4.13. The van der Waals surface area contributed by atoms with Crippen molar-refractivity contribution in [2.24, 2.45) is 0 Å². The van der Waals surface area contributed by atoms with Crippen molar-refractivity contribution in [2.45, 2.75) is 38.3 Å². The van der Waals surface area contributed by atoms with Gasteiger partial charge in [0.05, 0.1) is 13.7 Å². The summed E-state index contributed by atoms with van der Waals surface area (Å²) in [5.74, 6) is 2.13. The van der Waals surface area contributed by atoms with E-state index in [0.29, 0.717) is 24.3 Å². The lowest BCUT2D eigenvalue weighted by molar-refractivity contribution is 0.168. The molecule has 27 heavy (non-hydrogen) atoms. The molecule has 3 aromatic rings. The molecule has 140 valence electrons. The number of benzene rings is 1. The summed E-state index contributed by atoms with van der Waals surface area (Å²) in [4.78, 5) is 11.2. The number of hydrogen-bond acceptors (Lipinski definition) is 6. The Morgan fingerprint density at radius 3 is 2.81 bits per heavy atom. The maximum absolute atomic E-state index is 5.53. The number of likely N-dealkylation sites (tertiary alicyclic amines) is 1. The second-order valence-corrected chi connectivity index (χ2v) is 6.86. The van der Waals surface area contributed by atoms with Gasteiger partial charge in [0.1, 0.15) is 5.75 Å². The van der Waals surface area contributed by atoms with Crippen LogP contribution < -0.4 is 4.74 Å². The highest BCUT2D eigenvalue weighted by molar-refractivity contribution is 5.51. The van der Waals surface area contributed by atoms with Gasteiger partial charge in [-0.05, 0) is 49.2 Å². The van der Waals surface area contributed by atoms with Gasteiger partial charge in [0.25, 0.3) is 0 Å². The zero-order valence-corrected chi connectivity index (χ0v) is 15.5. The average Bonchev–Trinajstić information content (AvgIpc) is 3.07. The molecule has 4 rings (SSSR count). The Labute approximate surface area is 159 Å². The SMILES string of the molecule is COc1ccc([C@@H]2CCCCCN2Cc2nc(-c3cccnc3)no2)cc1. The number of hydrogen-bond donors (Lipinski definition) is 0. The topological polar surface area (TPSA) is 64.3 Å². The van der Waals surface area contributed by atoms with Crippen LogP contribution in [0.4, 0.5) is 0 Å². The van der Waals surface area contributed by atoms with Crippen LogP contribution in [0.2, 0.25) is 0 Å². The molecule has 1 aliphatic heterocycles. The zero-order valence-electron chi connectivity index (χ0n) is 15.5. The van der Waals surface area contributed by atoms with Crippen molar-refractivity contribution in [3.63, 3.8) is 0 Å². The van der Waals surface area contributed by atoms with E-state index in [-0.39, 0.29) is 0 Å². The van der Waals surface area contributed by atoms with Gasteiger partial charge in [-0.3, -0.25) is 9.88 Å². The van der Waals surface area contributed by atoms with Crippen LogP contribution in [0.1, 0.15) is 43.2 Å². The number of methoxy groups -OCH3 is 1. The molecule has 0 spiro atoms. The molecule has 1 aromatic carbocycles. The van der Waals surface area contributed by atoms with E-state index in [1.165, 1.54) is 24.8 Å². The Morgan fingerprint density at radius 1 is 1.15 bits per heavy atom. The molecule has 0 unspecified atom stereocenters. The first-order chi connectivity index (χ1) is 13.3. The van der Waals surface area contributed by atoms with Crippen LogP contribution in [0.25, 0.3) is 11.4 Å². The molecule has 0 bridgehead atoms. The first kappa shape index (κ1) is 17.7. The van der Waals surface area contributed by atoms with Gasteiger partial charge < -0.3 is 9.26 Å². The van der Waals surface area contributed by atoms with E-state index in [1.54, 1.807) is 19.5 Å². The standard InChI is InChI=1S/C21H24N4O2/c1-26-18-10-8-16(9-11-18)19-7-3-2-4-13-25(19)15-20-23-21(24-27-20)17-6-5-12-22-14-17/h5-6,8-12,14,19H,2-4,7,13,15H2,1H3/t19-/m0/s1. The van der Waals surface area contributed by atoms with Gasteiger partial charge in [0.2, 0.25) is 11.7 Å². The fourth-order valence-electron chi connectivity index (χ4n) is 3.67. The lowest BCUT2D eigenvalue weighted by Gasteiger charge is -2.29. The van der Waals surface area contributed by atoms with E-state index < -0.39 is 0 Å². The normalized spacial score (nSPS) is 18.2. The zero-order chi connectivity index (χ0) is 18.5. The highest BCUT2D eigenvalue weighted by atomic mass is 16.5. The predicted octanol–water partition coefficient (Wildman–Crippen LogP) is 4.26. The van der Waals surface area contributed by atoms with Crippen molar-refractivity contribution in [3.05, 3.63) is 60.2 Å². The quantitative estimate of drug-likeness (QED) is 0.674.